The van der Waals surface area contributed by atoms with Crippen molar-refractivity contribution in [1.29, 1.82) is 0 Å². The number of rotatable bonds is 6. The maximum atomic E-state index is 12.8. The summed E-state index contributed by atoms with van der Waals surface area (Å²) in [4.78, 5) is 31.3. The second kappa shape index (κ2) is 8.61. The Hall–Kier alpha value is -2.69. The first-order chi connectivity index (χ1) is 12.7. The fourth-order valence-corrected chi connectivity index (χ4v) is 3.30. The first kappa shape index (κ1) is 18.1. The molecule has 1 fully saturated rings. The van der Waals surface area contributed by atoms with Crippen LogP contribution < -0.4 is 5.32 Å². The summed E-state index contributed by atoms with van der Waals surface area (Å²) < 4.78 is 0. The van der Waals surface area contributed by atoms with Gasteiger partial charge in [0.15, 0.2) is 0 Å². The second-order valence-electron chi connectivity index (χ2n) is 6.67. The number of carbonyl (C=O) groups excluding carboxylic acids is 2. The molecule has 1 aliphatic carbocycles. The van der Waals surface area contributed by atoms with Gasteiger partial charge in [-0.1, -0.05) is 49.2 Å². The van der Waals surface area contributed by atoms with Gasteiger partial charge in [-0.15, -0.1) is 0 Å². The largest absolute Gasteiger partial charge is 0.348 e. The zero-order chi connectivity index (χ0) is 18.4. The third-order valence-corrected chi connectivity index (χ3v) is 4.78. The Morgan fingerprint density at radius 3 is 2.42 bits per heavy atom. The molecule has 1 aliphatic rings. The van der Waals surface area contributed by atoms with Crippen molar-refractivity contribution in [2.75, 3.05) is 6.54 Å². The lowest BCUT2D eigenvalue weighted by molar-refractivity contribution is 0.0746. The van der Waals surface area contributed by atoms with Gasteiger partial charge in [0.1, 0.15) is 11.4 Å². The molecule has 0 atom stereocenters. The zero-order valence-corrected chi connectivity index (χ0v) is 15.1. The Morgan fingerprint density at radius 1 is 1.04 bits per heavy atom. The highest BCUT2D eigenvalue weighted by atomic mass is 16.2. The monoisotopic (exact) mass is 351 g/mol. The summed E-state index contributed by atoms with van der Waals surface area (Å²) >= 11 is 0. The molecular weight excluding hydrogens is 326 g/mol. The van der Waals surface area contributed by atoms with E-state index in [1.54, 1.807) is 23.1 Å². The highest BCUT2D eigenvalue weighted by molar-refractivity contribution is 5.96. The molecular formula is C21H25N3O2. The number of benzene rings is 1. The highest BCUT2D eigenvalue weighted by Crippen LogP contribution is 2.18. The number of amides is 2. The van der Waals surface area contributed by atoms with E-state index in [0.29, 0.717) is 24.5 Å². The van der Waals surface area contributed by atoms with Crippen LogP contribution in [0, 0.1) is 0 Å². The van der Waals surface area contributed by atoms with Crippen LogP contribution in [-0.4, -0.2) is 34.3 Å². The third-order valence-electron chi connectivity index (χ3n) is 4.78. The molecule has 1 aromatic carbocycles. The maximum absolute atomic E-state index is 12.8. The van der Waals surface area contributed by atoms with Crippen molar-refractivity contribution in [1.82, 2.24) is 15.2 Å². The number of nitrogens with one attached hydrogen (secondary N) is 1. The van der Waals surface area contributed by atoms with Crippen molar-refractivity contribution >= 4 is 11.8 Å². The number of hydrogen-bond donors (Lipinski definition) is 1. The molecule has 2 amide bonds. The van der Waals surface area contributed by atoms with E-state index in [9.17, 15) is 9.59 Å². The minimum Gasteiger partial charge on any atom is -0.348 e. The van der Waals surface area contributed by atoms with Gasteiger partial charge in [-0.2, -0.15) is 0 Å². The summed E-state index contributed by atoms with van der Waals surface area (Å²) in [7, 11) is 0. The quantitative estimate of drug-likeness (QED) is 0.867. The number of pyridine rings is 1. The topological polar surface area (TPSA) is 62.3 Å². The fourth-order valence-electron chi connectivity index (χ4n) is 3.30. The minimum absolute atomic E-state index is 0.160. The van der Waals surface area contributed by atoms with Crippen molar-refractivity contribution in [2.45, 2.75) is 45.2 Å². The fraction of sp³-hybridized carbons (Fsp3) is 0.381. The average molecular weight is 351 g/mol. The van der Waals surface area contributed by atoms with Gasteiger partial charge in [-0.3, -0.25) is 9.59 Å². The van der Waals surface area contributed by atoms with Crippen molar-refractivity contribution < 1.29 is 9.59 Å². The van der Waals surface area contributed by atoms with Crippen molar-refractivity contribution in [3.8, 4) is 0 Å². The molecule has 1 N–H and O–H groups in total. The molecule has 0 aliphatic heterocycles. The van der Waals surface area contributed by atoms with Gasteiger partial charge < -0.3 is 10.2 Å². The summed E-state index contributed by atoms with van der Waals surface area (Å²) in [6.07, 6.45) is 4.35. The van der Waals surface area contributed by atoms with Gasteiger partial charge in [0, 0.05) is 19.1 Å². The van der Waals surface area contributed by atoms with Gasteiger partial charge in [0.05, 0.1) is 0 Å². The predicted molar refractivity (Wildman–Crippen MR) is 101 cm³/mol. The summed E-state index contributed by atoms with van der Waals surface area (Å²) in [6, 6.07) is 15.1. The molecule has 0 unspecified atom stereocenters. The zero-order valence-electron chi connectivity index (χ0n) is 15.1. The lowest BCUT2D eigenvalue weighted by atomic mass is 10.2. The lowest BCUT2D eigenvalue weighted by Gasteiger charge is -2.21. The van der Waals surface area contributed by atoms with E-state index in [0.717, 1.165) is 31.2 Å². The van der Waals surface area contributed by atoms with E-state index in [2.05, 4.69) is 10.3 Å². The molecule has 1 heterocycles. The second-order valence-corrected chi connectivity index (χ2v) is 6.67. The lowest BCUT2D eigenvalue weighted by Crippen LogP contribution is -2.34. The summed E-state index contributed by atoms with van der Waals surface area (Å²) in [5.41, 5.74) is 1.68. The molecule has 5 heteroatoms. The van der Waals surface area contributed by atoms with Gasteiger partial charge >= 0.3 is 0 Å². The number of aromatic nitrogens is 1. The van der Waals surface area contributed by atoms with Crippen LogP contribution in [0.5, 0.6) is 0 Å². The summed E-state index contributed by atoms with van der Waals surface area (Å²) in [6.45, 7) is 3.04. The van der Waals surface area contributed by atoms with Crippen LogP contribution in [0.4, 0.5) is 0 Å². The van der Waals surface area contributed by atoms with Crippen LogP contribution in [0.2, 0.25) is 0 Å². The van der Waals surface area contributed by atoms with Crippen LogP contribution in [0.15, 0.2) is 48.5 Å². The van der Waals surface area contributed by atoms with Crippen molar-refractivity contribution in [3.05, 3.63) is 65.5 Å². The van der Waals surface area contributed by atoms with E-state index in [1.165, 1.54) is 0 Å². The Kier molecular flexibility index (Phi) is 6.00. The molecule has 5 nitrogen and oxygen atoms in total. The van der Waals surface area contributed by atoms with E-state index in [-0.39, 0.29) is 17.9 Å². The van der Waals surface area contributed by atoms with E-state index < -0.39 is 0 Å². The Balaban J connectivity index is 1.71. The molecule has 0 spiro atoms. The summed E-state index contributed by atoms with van der Waals surface area (Å²) in [5, 5.41) is 3.02. The van der Waals surface area contributed by atoms with Crippen LogP contribution in [0.1, 0.15) is 59.1 Å². The van der Waals surface area contributed by atoms with Crippen molar-refractivity contribution in [2.24, 2.45) is 0 Å². The molecule has 0 saturated heterocycles. The molecule has 0 radical (unpaired) electrons. The normalized spacial score (nSPS) is 14.2. The first-order valence-electron chi connectivity index (χ1n) is 9.28. The van der Waals surface area contributed by atoms with Crippen LogP contribution in [0.3, 0.4) is 0 Å². The Morgan fingerprint density at radius 2 is 1.73 bits per heavy atom. The van der Waals surface area contributed by atoms with Gasteiger partial charge in [-0.25, -0.2) is 4.98 Å². The predicted octanol–water partition coefficient (Wildman–Crippen LogP) is 3.42. The van der Waals surface area contributed by atoms with Crippen LogP contribution >= 0.6 is 0 Å². The van der Waals surface area contributed by atoms with Crippen molar-refractivity contribution in [3.63, 3.8) is 0 Å². The standard InChI is InChI=1S/C21H25N3O2/c1-2-24(15-16-9-4-3-5-10-16)21(26)19-14-8-13-18(23-19)20(25)22-17-11-6-7-12-17/h3-5,8-10,13-14,17H,2,6-7,11-12,15H2,1H3,(H,22,25). The molecule has 3 rings (SSSR count). The smallest absolute Gasteiger partial charge is 0.272 e. The SMILES string of the molecule is CCN(Cc1ccccc1)C(=O)c1cccc(C(=O)NC2CCCC2)n1. The Bertz CT molecular complexity index is 755. The molecule has 1 saturated carbocycles. The average Bonchev–Trinajstić information content (AvgIpc) is 3.19. The third kappa shape index (κ3) is 4.48. The number of carbonyl (C=O) groups is 2. The Labute approximate surface area is 154 Å². The number of hydrogen-bond acceptors (Lipinski definition) is 3. The molecule has 136 valence electrons. The van der Waals surface area contributed by atoms with E-state index in [4.69, 9.17) is 0 Å². The summed E-state index contributed by atoms with van der Waals surface area (Å²) in [5.74, 6) is -0.357. The molecule has 1 aromatic heterocycles. The van der Waals surface area contributed by atoms with Gasteiger partial charge in [0.25, 0.3) is 11.8 Å². The van der Waals surface area contributed by atoms with Crippen LogP contribution in [0.25, 0.3) is 0 Å². The van der Waals surface area contributed by atoms with E-state index >= 15 is 0 Å². The molecule has 2 aromatic rings. The molecule has 0 bridgehead atoms. The molecule has 26 heavy (non-hydrogen) atoms. The first-order valence-corrected chi connectivity index (χ1v) is 9.28. The number of nitrogens with zero attached hydrogens (tertiary/aromatic N) is 2. The highest BCUT2D eigenvalue weighted by Gasteiger charge is 2.21. The maximum Gasteiger partial charge on any atom is 0.272 e. The minimum atomic E-state index is -0.197. The van der Waals surface area contributed by atoms with Crippen LogP contribution in [-0.2, 0) is 6.54 Å². The van der Waals surface area contributed by atoms with E-state index in [1.807, 2.05) is 37.3 Å². The van der Waals surface area contributed by atoms with Gasteiger partial charge in [0.2, 0.25) is 0 Å². The van der Waals surface area contributed by atoms with Gasteiger partial charge in [-0.05, 0) is 37.5 Å².